The predicted octanol–water partition coefficient (Wildman–Crippen LogP) is 3.94. The van der Waals surface area contributed by atoms with Gasteiger partial charge >= 0.3 is 0 Å². The summed E-state index contributed by atoms with van der Waals surface area (Å²) in [4.78, 5) is 4.08. The lowest BCUT2D eigenvalue weighted by Crippen LogP contribution is -2.36. The second-order valence-electron chi connectivity index (χ2n) is 5.33. The molecule has 0 fully saturated rings. The van der Waals surface area contributed by atoms with Crippen molar-refractivity contribution in [2.75, 3.05) is 13.8 Å². The highest BCUT2D eigenvalue weighted by Crippen LogP contribution is 2.39. The molecule has 0 aromatic heterocycles. The molecule has 5 nitrogen and oxygen atoms in total. The highest BCUT2D eigenvalue weighted by atomic mass is 127. The maximum absolute atomic E-state index is 13.6. The van der Waals surface area contributed by atoms with Gasteiger partial charge in [0, 0.05) is 25.7 Å². The standard InChI is InChI=1S/C17H16BrF2N3O2.HI/c1-21-17(23-8-11-6-12(19)2-3-14(11)20)22-7-10-4-13(18)16-15(5-10)24-9-25-16;/h2-6H,7-9H2,1H3,(H2,21,22,23);1H. The van der Waals surface area contributed by atoms with Crippen molar-refractivity contribution in [1.29, 1.82) is 0 Å². The molecule has 0 spiro atoms. The predicted molar refractivity (Wildman–Crippen MR) is 109 cm³/mol. The molecule has 0 aliphatic carbocycles. The average molecular weight is 540 g/mol. The highest BCUT2D eigenvalue weighted by molar-refractivity contribution is 14.0. The minimum absolute atomic E-state index is 0. The van der Waals surface area contributed by atoms with Crippen LogP contribution in [0, 0.1) is 11.6 Å². The van der Waals surface area contributed by atoms with E-state index in [-0.39, 0.29) is 42.9 Å². The van der Waals surface area contributed by atoms with Gasteiger partial charge < -0.3 is 20.1 Å². The molecule has 2 aromatic rings. The quantitative estimate of drug-likeness (QED) is 0.351. The molecule has 0 bridgehead atoms. The SMILES string of the molecule is CN=C(NCc1cc(Br)c2c(c1)OCO2)NCc1cc(F)ccc1F.I. The minimum Gasteiger partial charge on any atom is -0.454 e. The van der Waals surface area contributed by atoms with Crippen LogP contribution in [0.25, 0.3) is 0 Å². The lowest BCUT2D eigenvalue weighted by molar-refractivity contribution is 0.173. The van der Waals surface area contributed by atoms with Crippen LogP contribution < -0.4 is 20.1 Å². The molecule has 1 heterocycles. The largest absolute Gasteiger partial charge is 0.454 e. The van der Waals surface area contributed by atoms with E-state index in [9.17, 15) is 8.78 Å². The Morgan fingerprint density at radius 2 is 1.92 bits per heavy atom. The molecular weight excluding hydrogens is 523 g/mol. The van der Waals surface area contributed by atoms with Crippen LogP contribution in [-0.4, -0.2) is 19.8 Å². The average Bonchev–Trinajstić information content (AvgIpc) is 3.07. The van der Waals surface area contributed by atoms with Crippen molar-refractivity contribution in [3.05, 3.63) is 57.6 Å². The van der Waals surface area contributed by atoms with Gasteiger partial charge in [-0.15, -0.1) is 24.0 Å². The summed E-state index contributed by atoms with van der Waals surface area (Å²) in [5.74, 6) is 0.886. The third kappa shape index (κ3) is 4.97. The van der Waals surface area contributed by atoms with E-state index in [4.69, 9.17) is 9.47 Å². The van der Waals surface area contributed by atoms with Gasteiger partial charge in [-0.05, 0) is 51.8 Å². The second kappa shape index (κ2) is 9.36. The van der Waals surface area contributed by atoms with Crippen molar-refractivity contribution in [2.24, 2.45) is 4.99 Å². The molecule has 0 saturated carbocycles. The molecule has 0 saturated heterocycles. The zero-order valence-corrected chi connectivity index (χ0v) is 17.7. The van der Waals surface area contributed by atoms with Gasteiger partial charge in [0.05, 0.1) is 4.47 Å². The molecule has 0 radical (unpaired) electrons. The molecule has 2 N–H and O–H groups in total. The third-order valence-electron chi connectivity index (χ3n) is 3.62. The molecule has 3 rings (SSSR count). The fourth-order valence-corrected chi connectivity index (χ4v) is 2.99. The van der Waals surface area contributed by atoms with Crippen molar-refractivity contribution >= 4 is 45.9 Å². The first-order valence-corrected chi connectivity index (χ1v) is 8.32. The Morgan fingerprint density at radius 1 is 1.15 bits per heavy atom. The number of rotatable bonds is 4. The first kappa shape index (κ1) is 20.7. The Labute approximate surface area is 175 Å². The highest BCUT2D eigenvalue weighted by Gasteiger charge is 2.18. The zero-order chi connectivity index (χ0) is 17.8. The van der Waals surface area contributed by atoms with Gasteiger partial charge in [0.2, 0.25) is 6.79 Å². The summed E-state index contributed by atoms with van der Waals surface area (Å²) in [5, 5.41) is 6.07. The summed E-state index contributed by atoms with van der Waals surface area (Å²) in [6.07, 6.45) is 0. The van der Waals surface area contributed by atoms with Gasteiger partial charge in [0.25, 0.3) is 0 Å². The minimum atomic E-state index is -0.480. The molecule has 1 aliphatic rings. The summed E-state index contributed by atoms with van der Waals surface area (Å²) in [6.45, 7) is 0.794. The monoisotopic (exact) mass is 539 g/mol. The fourth-order valence-electron chi connectivity index (χ4n) is 2.39. The van der Waals surface area contributed by atoms with E-state index in [1.54, 1.807) is 7.05 Å². The molecule has 26 heavy (non-hydrogen) atoms. The van der Waals surface area contributed by atoms with Crippen LogP contribution in [0.2, 0.25) is 0 Å². The number of halogens is 4. The molecule has 0 atom stereocenters. The number of guanidine groups is 1. The first-order valence-electron chi connectivity index (χ1n) is 7.53. The number of aliphatic imine (C=N–C) groups is 1. The van der Waals surface area contributed by atoms with E-state index in [1.165, 1.54) is 0 Å². The lowest BCUT2D eigenvalue weighted by atomic mass is 10.2. The van der Waals surface area contributed by atoms with Gasteiger partial charge in [0.15, 0.2) is 17.5 Å². The number of nitrogens with one attached hydrogen (secondary N) is 2. The van der Waals surface area contributed by atoms with E-state index in [0.717, 1.165) is 28.2 Å². The normalized spacial score (nSPS) is 12.5. The first-order chi connectivity index (χ1) is 12.1. The fraction of sp³-hybridized carbons (Fsp3) is 0.235. The van der Waals surface area contributed by atoms with Crippen LogP contribution in [0.15, 0.2) is 39.8 Å². The van der Waals surface area contributed by atoms with Gasteiger partial charge in [0.1, 0.15) is 11.6 Å². The van der Waals surface area contributed by atoms with Gasteiger partial charge in [-0.1, -0.05) is 0 Å². The van der Waals surface area contributed by atoms with E-state index >= 15 is 0 Å². The number of benzene rings is 2. The number of fused-ring (bicyclic) bond motifs is 1. The number of hydrogen-bond donors (Lipinski definition) is 2. The molecule has 9 heteroatoms. The summed E-state index contributed by atoms with van der Waals surface area (Å²) in [6, 6.07) is 7.14. The maximum atomic E-state index is 13.6. The topological polar surface area (TPSA) is 54.9 Å². The van der Waals surface area contributed by atoms with Gasteiger partial charge in [-0.3, -0.25) is 4.99 Å². The van der Waals surface area contributed by atoms with Crippen LogP contribution in [0.4, 0.5) is 8.78 Å². The van der Waals surface area contributed by atoms with E-state index in [1.807, 2.05) is 12.1 Å². The third-order valence-corrected chi connectivity index (χ3v) is 4.21. The summed E-state index contributed by atoms with van der Waals surface area (Å²) < 4.78 is 38.4. The maximum Gasteiger partial charge on any atom is 0.231 e. The van der Waals surface area contributed by atoms with Crippen molar-refractivity contribution in [3.8, 4) is 11.5 Å². The van der Waals surface area contributed by atoms with Crippen LogP contribution >= 0.6 is 39.9 Å². The van der Waals surface area contributed by atoms with E-state index in [0.29, 0.717) is 24.0 Å². The summed E-state index contributed by atoms with van der Waals surface area (Å²) >= 11 is 3.44. The van der Waals surface area contributed by atoms with E-state index < -0.39 is 11.6 Å². The number of nitrogens with zero attached hydrogens (tertiary/aromatic N) is 1. The van der Waals surface area contributed by atoms with Crippen LogP contribution in [0.1, 0.15) is 11.1 Å². The molecule has 0 amide bonds. The molecular formula is C17H17BrF2IN3O2. The van der Waals surface area contributed by atoms with Gasteiger partial charge in [-0.2, -0.15) is 0 Å². The van der Waals surface area contributed by atoms with Crippen LogP contribution in [0.3, 0.4) is 0 Å². The summed E-state index contributed by atoms with van der Waals surface area (Å²) in [5.41, 5.74) is 1.18. The number of ether oxygens (including phenoxy) is 2. The van der Waals surface area contributed by atoms with E-state index in [2.05, 4.69) is 31.6 Å². The van der Waals surface area contributed by atoms with Gasteiger partial charge in [-0.25, -0.2) is 8.78 Å². The Morgan fingerprint density at radius 3 is 2.69 bits per heavy atom. The zero-order valence-electron chi connectivity index (χ0n) is 13.8. The molecule has 0 unspecified atom stereocenters. The Hall–Kier alpha value is -1.62. The van der Waals surface area contributed by atoms with Crippen molar-refractivity contribution in [2.45, 2.75) is 13.1 Å². The van der Waals surface area contributed by atoms with Crippen molar-refractivity contribution in [3.63, 3.8) is 0 Å². The van der Waals surface area contributed by atoms with Crippen LogP contribution in [0.5, 0.6) is 11.5 Å². The van der Waals surface area contributed by atoms with Crippen molar-refractivity contribution in [1.82, 2.24) is 10.6 Å². The molecule has 1 aliphatic heterocycles. The van der Waals surface area contributed by atoms with Crippen molar-refractivity contribution < 1.29 is 18.3 Å². The Bertz CT molecular complexity index is 821. The Balaban J connectivity index is 0.00000243. The number of hydrogen-bond acceptors (Lipinski definition) is 3. The smallest absolute Gasteiger partial charge is 0.231 e. The lowest BCUT2D eigenvalue weighted by Gasteiger charge is -2.13. The summed E-state index contributed by atoms with van der Waals surface area (Å²) in [7, 11) is 1.60. The Kier molecular flexibility index (Phi) is 7.44. The molecule has 2 aromatic carbocycles. The van der Waals surface area contributed by atoms with Crippen LogP contribution in [-0.2, 0) is 13.1 Å². The second-order valence-corrected chi connectivity index (χ2v) is 6.18. The molecule has 140 valence electrons.